The molecule has 39 heavy (non-hydrogen) atoms. The van der Waals surface area contributed by atoms with E-state index >= 15 is 0 Å². The zero-order valence-corrected chi connectivity index (χ0v) is 23.3. The van der Waals surface area contributed by atoms with Crippen LogP contribution in [0, 0.1) is 0 Å². The quantitative estimate of drug-likeness (QED) is 0.123. The summed E-state index contributed by atoms with van der Waals surface area (Å²) in [4.78, 5) is 39.6. The minimum absolute atomic E-state index is 0.210. The third kappa shape index (κ3) is 19.1. The number of hydrogen-bond acceptors (Lipinski definition) is 4. The zero-order chi connectivity index (χ0) is 28.4. The standard InChI is InChI=1S/C32H45N3O4/c1-2-3-4-5-6-7-8-9-10-11-12-13-14-15-16-17-18-24-30(36)35-29(32(38)39)23-19-20-26-34-31(37)28-22-21-25-33-27-28/h3-4,6-7,9-10,12-13,15-16,21-22,25,27,29H,2,5,8,11,14,17-20,23-24,26H2,1H3,(H,34,37)(H,35,36)(H,38,39). The minimum Gasteiger partial charge on any atom is -0.480 e. The first-order valence-corrected chi connectivity index (χ1v) is 14.0. The Morgan fingerprint density at radius 2 is 1.49 bits per heavy atom. The number of hydrogen-bond donors (Lipinski definition) is 3. The lowest BCUT2D eigenvalue weighted by atomic mass is 10.1. The molecule has 212 valence electrons. The van der Waals surface area contributed by atoms with Crippen molar-refractivity contribution in [1.29, 1.82) is 0 Å². The van der Waals surface area contributed by atoms with Crippen molar-refractivity contribution >= 4 is 17.8 Å². The second-order valence-corrected chi connectivity index (χ2v) is 9.05. The van der Waals surface area contributed by atoms with Crippen molar-refractivity contribution in [2.45, 2.75) is 83.6 Å². The van der Waals surface area contributed by atoms with Crippen LogP contribution in [0.4, 0.5) is 0 Å². The van der Waals surface area contributed by atoms with Gasteiger partial charge in [-0.05, 0) is 76.3 Å². The molecule has 0 radical (unpaired) electrons. The van der Waals surface area contributed by atoms with Crippen LogP contribution in [0.25, 0.3) is 0 Å². The van der Waals surface area contributed by atoms with E-state index in [0.717, 1.165) is 38.5 Å². The molecule has 0 aliphatic carbocycles. The van der Waals surface area contributed by atoms with Gasteiger partial charge in [-0.2, -0.15) is 0 Å². The van der Waals surface area contributed by atoms with E-state index in [1.54, 1.807) is 18.3 Å². The minimum atomic E-state index is -1.04. The molecule has 1 heterocycles. The monoisotopic (exact) mass is 535 g/mol. The van der Waals surface area contributed by atoms with Crippen molar-refractivity contribution in [2.24, 2.45) is 0 Å². The first-order chi connectivity index (χ1) is 19.0. The van der Waals surface area contributed by atoms with Crippen LogP contribution in [0.1, 0.15) is 87.9 Å². The topological polar surface area (TPSA) is 108 Å². The molecule has 3 N–H and O–H groups in total. The van der Waals surface area contributed by atoms with E-state index in [-0.39, 0.29) is 11.8 Å². The number of carboxylic acid groups (broad SMARTS) is 1. The molecule has 1 rings (SSSR count). The van der Waals surface area contributed by atoms with E-state index in [9.17, 15) is 19.5 Å². The number of aliphatic carboxylic acids is 1. The van der Waals surface area contributed by atoms with Gasteiger partial charge in [0.1, 0.15) is 6.04 Å². The van der Waals surface area contributed by atoms with Gasteiger partial charge in [0.25, 0.3) is 5.91 Å². The molecular formula is C32H45N3O4. The first-order valence-electron chi connectivity index (χ1n) is 14.0. The van der Waals surface area contributed by atoms with Gasteiger partial charge in [-0.3, -0.25) is 14.6 Å². The predicted molar refractivity (Wildman–Crippen MR) is 158 cm³/mol. The molecule has 1 aromatic rings. The molecule has 0 aromatic carbocycles. The lowest BCUT2D eigenvalue weighted by Gasteiger charge is -2.14. The number of amides is 2. The molecule has 1 unspecified atom stereocenters. The van der Waals surface area contributed by atoms with Crippen molar-refractivity contribution in [3.8, 4) is 0 Å². The highest BCUT2D eigenvalue weighted by atomic mass is 16.4. The SMILES string of the molecule is CCC=CCC=CCC=CCC=CCC=CCCCC(=O)NC(CCCCNC(=O)c1cccnc1)C(=O)O. The van der Waals surface area contributed by atoms with Gasteiger partial charge in [0.15, 0.2) is 0 Å². The molecule has 0 saturated carbocycles. The number of carbonyl (C=O) groups is 3. The largest absolute Gasteiger partial charge is 0.480 e. The summed E-state index contributed by atoms with van der Waals surface area (Å²) < 4.78 is 0. The van der Waals surface area contributed by atoms with Gasteiger partial charge in [0, 0.05) is 25.4 Å². The summed E-state index contributed by atoms with van der Waals surface area (Å²) in [5, 5.41) is 14.8. The normalized spacial score (nSPS) is 12.7. The third-order valence-electron chi connectivity index (χ3n) is 5.69. The Hall–Kier alpha value is -3.74. The Morgan fingerprint density at radius 3 is 2.05 bits per heavy atom. The predicted octanol–water partition coefficient (Wildman–Crippen LogP) is 6.47. The molecule has 0 spiro atoms. The lowest BCUT2D eigenvalue weighted by Crippen LogP contribution is -2.40. The number of rotatable bonds is 21. The van der Waals surface area contributed by atoms with E-state index in [4.69, 9.17) is 0 Å². The molecular weight excluding hydrogens is 490 g/mol. The van der Waals surface area contributed by atoms with Crippen LogP contribution in [0.15, 0.2) is 85.3 Å². The van der Waals surface area contributed by atoms with Crippen LogP contribution in [-0.2, 0) is 9.59 Å². The molecule has 2 amide bonds. The van der Waals surface area contributed by atoms with Crippen molar-refractivity contribution in [3.63, 3.8) is 0 Å². The second kappa shape index (κ2) is 23.4. The fourth-order valence-electron chi connectivity index (χ4n) is 3.55. The first kappa shape index (κ1) is 33.3. The maximum Gasteiger partial charge on any atom is 0.326 e. The summed E-state index contributed by atoms with van der Waals surface area (Å²) in [5.74, 6) is -1.50. The summed E-state index contributed by atoms with van der Waals surface area (Å²) in [7, 11) is 0. The van der Waals surface area contributed by atoms with E-state index in [1.807, 2.05) is 0 Å². The van der Waals surface area contributed by atoms with Crippen LogP contribution >= 0.6 is 0 Å². The van der Waals surface area contributed by atoms with Crippen LogP contribution in [0.5, 0.6) is 0 Å². The average molecular weight is 536 g/mol. The van der Waals surface area contributed by atoms with Crippen molar-refractivity contribution < 1.29 is 19.5 Å². The molecule has 0 aliphatic rings. The van der Waals surface area contributed by atoms with Gasteiger partial charge in [-0.15, -0.1) is 0 Å². The van der Waals surface area contributed by atoms with Crippen LogP contribution in [-0.4, -0.2) is 40.5 Å². The summed E-state index contributed by atoms with van der Waals surface area (Å²) in [6.07, 6.45) is 32.6. The Bertz CT molecular complexity index is 965. The van der Waals surface area contributed by atoms with E-state index in [1.165, 1.54) is 6.20 Å². The summed E-state index contributed by atoms with van der Waals surface area (Å²) in [6, 6.07) is 2.46. The van der Waals surface area contributed by atoms with Crippen molar-refractivity contribution in [3.05, 3.63) is 90.9 Å². The Labute approximate surface area is 233 Å². The van der Waals surface area contributed by atoms with Crippen LogP contribution < -0.4 is 10.6 Å². The molecule has 0 bridgehead atoms. The van der Waals surface area contributed by atoms with Crippen LogP contribution in [0.2, 0.25) is 0 Å². The highest BCUT2D eigenvalue weighted by molar-refractivity contribution is 5.93. The Kier molecular flexibility index (Phi) is 20.0. The Morgan fingerprint density at radius 1 is 0.872 bits per heavy atom. The van der Waals surface area contributed by atoms with E-state index < -0.39 is 12.0 Å². The number of pyridine rings is 1. The van der Waals surface area contributed by atoms with Crippen molar-refractivity contribution in [2.75, 3.05) is 6.54 Å². The third-order valence-corrected chi connectivity index (χ3v) is 5.69. The van der Waals surface area contributed by atoms with E-state index in [2.05, 4.69) is 83.3 Å². The molecule has 0 fully saturated rings. The fraction of sp³-hybridized carbons (Fsp3) is 0.438. The van der Waals surface area contributed by atoms with Gasteiger partial charge in [0.05, 0.1) is 5.56 Å². The van der Waals surface area contributed by atoms with Crippen molar-refractivity contribution in [1.82, 2.24) is 15.6 Å². The summed E-state index contributed by atoms with van der Waals surface area (Å²) >= 11 is 0. The summed E-state index contributed by atoms with van der Waals surface area (Å²) in [6.45, 7) is 2.57. The number of unbranched alkanes of at least 4 members (excludes halogenated alkanes) is 2. The second-order valence-electron chi connectivity index (χ2n) is 9.05. The highest BCUT2D eigenvalue weighted by Crippen LogP contribution is 2.05. The molecule has 7 nitrogen and oxygen atoms in total. The zero-order valence-electron chi connectivity index (χ0n) is 23.3. The molecule has 7 heteroatoms. The van der Waals surface area contributed by atoms with Gasteiger partial charge in [0.2, 0.25) is 5.91 Å². The lowest BCUT2D eigenvalue weighted by molar-refractivity contribution is -0.142. The molecule has 0 saturated heterocycles. The number of allylic oxidation sites excluding steroid dienone is 10. The number of nitrogens with one attached hydrogen (secondary N) is 2. The van der Waals surface area contributed by atoms with Crippen LogP contribution in [0.3, 0.4) is 0 Å². The smallest absolute Gasteiger partial charge is 0.326 e. The fourth-order valence-corrected chi connectivity index (χ4v) is 3.55. The van der Waals surface area contributed by atoms with E-state index in [0.29, 0.717) is 44.2 Å². The summed E-state index contributed by atoms with van der Waals surface area (Å²) in [5.41, 5.74) is 0.484. The maximum absolute atomic E-state index is 12.2. The van der Waals surface area contributed by atoms with Gasteiger partial charge < -0.3 is 15.7 Å². The number of carbonyl (C=O) groups excluding carboxylic acids is 2. The molecule has 0 aliphatic heterocycles. The van der Waals surface area contributed by atoms with Gasteiger partial charge in [-0.1, -0.05) is 67.7 Å². The maximum atomic E-state index is 12.2. The molecule has 1 atom stereocenters. The average Bonchev–Trinajstić information content (AvgIpc) is 2.94. The van der Waals surface area contributed by atoms with Gasteiger partial charge >= 0.3 is 5.97 Å². The molecule has 1 aromatic heterocycles. The number of nitrogens with zero attached hydrogens (tertiary/aromatic N) is 1. The number of aromatic nitrogens is 1. The van der Waals surface area contributed by atoms with Gasteiger partial charge in [-0.25, -0.2) is 4.79 Å². The number of carboxylic acids is 1. The highest BCUT2D eigenvalue weighted by Gasteiger charge is 2.19. The Balaban J connectivity index is 2.09.